The van der Waals surface area contributed by atoms with Crippen LogP contribution in [-0.4, -0.2) is 69.6 Å². The smallest absolute Gasteiger partial charge is 0.373 e. The number of nitrogens with zero attached hydrogens (tertiary/aromatic N) is 3. The molecular formula is C33H53N3O9Si. The number of benzene rings is 1. The van der Waals surface area contributed by atoms with E-state index in [4.69, 9.17) is 37.7 Å². The fourth-order valence-corrected chi connectivity index (χ4v) is 8.30. The van der Waals surface area contributed by atoms with Crippen LogP contribution in [0.2, 0.25) is 18.1 Å². The number of rotatable bonds is 12. The minimum Gasteiger partial charge on any atom is -0.454 e. The maximum absolute atomic E-state index is 12.3. The summed E-state index contributed by atoms with van der Waals surface area (Å²) in [7, 11) is -2.33. The Bertz CT molecular complexity index is 1190. The van der Waals surface area contributed by atoms with Crippen LogP contribution in [0.1, 0.15) is 74.3 Å². The van der Waals surface area contributed by atoms with Crippen molar-refractivity contribution in [2.75, 3.05) is 0 Å². The van der Waals surface area contributed by atoms with E-state index < -0.39 is 51.2 Å². The third-order valence-electron chi connectivity index (χ3n) is 10.1. The minimum absolute atomic E-state index is 0.0512. The summed E-state index contributed by atoms with van der Waals surface area (Å²) in [5.74, 6) is -0.390. The highest BCUT2D eigenvalue weighted by atomic mass is 28.4. The van der Waals surface area contributed by atoms with Crippen molar-refractivity contribution in [3.05, 3.63) is 46.3 Å². The van der Waals surface area contributed by atoms with Crippen LogP contribution in [0.15, 0.2) is 35.4 Å². The molecule has 2 aliphatic heterocycles. The number of carbonyl (C=O) groups excluding carboxylic acids is 3. The molecule has 0 N–H and O–H groups in total. The van der Waals surface area contributed by atoms with E-state index in [-0.39, 0.29) is 35.2 Å². The van der Waals surface area contributed by atoms with E-state index >= 15 is 0 Å². The number of carbonyl (C=O) groups is 1. The zero-order valence-corrected chi connectivity index (χ0v) is 30.2. The topological polar surface area (TPSA) is 155 Å². The monoisotopic (exact) mass is 663 g/mol. The van der Waals surface area contributed by atoms with Gasteiger partial charge in [0, 0.05) is 17.8 Å². The summed E-state index contributed by atoms with van der Waals surface area (Å²) in [5, 5.41) is 4.11. The van der Waals surface area contributed by atoms with Crippen LogP contribution in [0.25, 0.3) is 10.4 Å². The van der Waals surface area contributed by atoms with Crippen molar-refractivity contribution in [1.29, 1.82) is 0 Å². The summed E-state index contributed by atoms with van der Waals surface area (Å²) in [4.78, 5) is 31.7. The van der Waals surface area contributed by atoms with Gasteiger partial charge in [-0.25, -0.2) is 0 Å². The molecule has 2 aliphatic rings. The molecule has 0 bridgehead atoms. The van der Waals surface area contributed by atoms with Crippen molar-refractivity contribution in [3.63, 3.8) is 0 Å². The average molecular weight is 664 g/mol. The molecule has 2 saturated heterocycles. The molecule has 12 nitrogen and oxygen atoms in total. The van der Waals surface area contributed by atoms with Gasteiger partial charge in [-0.1, -0.05) is 83.9 Å². The lowest BCUT2D eigenvalue weighted by molar-refractivity contribution is -0.330. The molecule has 3 rings (SSSR count). The van der Waals surface area contributed by atoms with E-state index in [0.29, 0.717) is 18.9 Å². The molecule has 0 saturated carbocycles. The van der Waals surface area contributed by atoms with E-state index in [2.05, 4.69) is 50.8 Å². The van der Waals surface area contributed by atoms with E-state index in [1.165, 1.54) is 6.92 Å². The van der Waals surface area contributed by atoms with Gasteiger partial charge in [0.1, 0.15) is 6.10 Å². The number of esters is 1. The summed E-state index contributed by atoms with van der Waals surface area (Å²) in [6.07, 6.45) is -3.10. The SMILES string of the molecule is CCC1O[C@@H](O[Si](C)(C)C(C)(C)C(C)C)C(N=[N+]=[N-])[C@@H](C)[C@@H]1O[C@@H]1OC(C)[C@@H](C)C(OCc2ccccc2)[C@@H]1OC(C)=O.O=C=O. The highest BCUT2D eigenvalue weighted by Gasteiger charge is 2.53. The molecular weight excluding hydrogens is 610 g/mol. The summed E-state index contributed by atoms with van der Waals surface area (Å²) < 4.78 is 38.6. The van der Waals surface area contributed by atoms with Crippen molar-refractivity contribution < 1.29 is 42.5 Å². The number of azide groups is 1. The van der Waals surface area contributed by atoms with Gasteiger partial charge in [0.2, 0.25) is 0 Å². The van der Waals surface area contributed by atoms with Crippen LogP contribution in [0.4, 0.5) is 0 Å². The number of ether oxygens (including phenoxy) is 5. The molecule has 0 aliphatic carbocycles. The molecule has 4 unspecified atom stereocenters. The Balaban J connectivity index is 0.00000236. The third kappa shape index (κ3) is 9.71. The lowest BCUT2D eigenvalue weighted by atomic mass is 9.87. The third-order valence-corrected chi connectivity index (χ3v) is 14.6. The van der Waals surface area contributed by atoms with E-state index in [1.807, 2.05) is 58.0 Å². The molecule has 1 aromatic rings. The molecule has 0 aromatic heterocycles. The average Bonchev–Trinajstić information content (AvgIpc) is 2.98. The molecule has 0 amide bonds. The quantitative estimate of drug-likeness (QED) is 0.0772. The van der Waals surface area contributed by atoms with Gasteiger partial charge >= 0.3 is 12.1 Å². The second-order valence-corrected chi connectivity index (χ2v) is 18.1. The van der Waals surface area contributed by atoms with Gasteiger partial charge in [0.25, 0.3) is 0 Å². The molecule has 10 atom stereocenters. The molecule has 258 valence electrons. The molecule has 0 spiro atoms. The van der Waals surface area contributed by atoms with Crippen LogP contribution < -0.4 is 0 Å². The van der Waals surface area contributed by atoms with Gasteiger partial charge in [-0.3, -0.25) is 4.79 Å². The zero-order valence-electron chi connectivity index (χ0n) is 29.2. The van der Waals surface area contributed by atoms with Crippen molar-refractivity contribution in [1.82, 2.24) is 0 Å². The zero-order chi connectivity index (χ0) is 34.8. The Morgan fingerprint density at radius 2 is 1.65 bits per heavy atom. The second-order valence-electron chi connectivity index (χ2n) is 13.6. The van der Waals surface area contributed by atoms with Gasteiger partial charge in [0.05, 0.1) is 31.0 Å². The Kier molecular flexibility index (Phi) is 15.1. The first-order chi connectivity index (χ1) is 21.6. The molecule has 13 heteroatoms. The summed E-state index contributed by atoms with van der Waals surface area (Å²) in [5.41, 5.74) is 10.6. The van der Waals surface area contributed by atoms with Crippen LogP contribution in [0.3, 0.4) is 0 Å². The molecule has 0 radical (unpaired) electrons. The van der Waals surface area contributed by atoms with E-state index in [0.717, 1.165) is 5.56 Å². The molecule has 2 fully saturated rings. The van der Waals surface area contributed by atoms with E-state index in [1.54, 1.807) is 0 Å². The van der Waals surface area contributed by atoms with Crippen molar-refractivity contribution in [2.45, 2.75) is 143 Å². The number of hydrogen-bond donors (Lipinski definition) is 0. The van der Waals surface area contributed by atoms with Gasteiger partial charge in [-0.2, -0.15) is 9.59 Å². The number of hydrogen-bond acceptors (Lipinski definition) is 10. The van der Waals surface area contributed by atoms with Crippen LogP contribution in [0, 0.1) is 17.8 Å². The first-order valence-corrected chi connectivity index (χ1v) is 19.0. The second kappa shape index (κ2) is 17.5. The lowest BCUT2D eigenvalue weighted by Gasteiger charge is -2.51. The Morgan fingerprint density at radius 1 is 1.04 bits per heavy atom. The molecule has 1 aromatic carbocycles. The highest BCUT2D eigenvalue weighted by Crippen LogP contribution is 2.47. The van der Waals surface area contributed by atoms with Crippen LogP contribution in [-0.2, 0) is 49.1 Å². The van der Waals surface area contributed by atoms with Gasteiger partial charge in [0.15, 0.2) is 27.0 Å². The predicted molar refractivity (Wildman–Crippen MR) is 172 cm³/mol. The lowest BCUT2D eigenvalue weighted by Crippen LogP contribution is -2.62. The van der Waals surface area contributed by atoms with Gasteiger partial charge in [-0.05, 0) is 54.4 Å². The van der Waals surface area contributed by atoms with E-state index in [9.17, 15) is 10.3 Å². The van der Waals surface area contributed by atoms with Gasteiger partial charge < -0.3 is 28.1 Å². The summed E-state index contributed by atoms with van der Waals surface area (Å²) >= 11 is 0. The van der Waals surface area contributed by atoms with Crippen molar-refractivity contribution in [3.8, 4) is 0 Å². The molecule has 2 heterocycles. The first-order valence-electron chi connectivity index (χ1n) is 16.1. The Hall–Kier alpha value is -2.60. The first kappa shape index (κ1) is 39.6. The molecule has 46 heavy (non-hydrogen) atoms. The maximum Gasteiger partial charge on any atom is 0.373 e. The predicted octanol–water partition coefficient (Wildman–Crippen LogP) is 6.79. The Labute approximate surface area is 274 Å². The maximum atomic E-state index is 12.3. The normalized spacial score (nSPS) is 31.6. The standard InChI is InChI=1S/C32H53N3O7Si.CO2/c1-12-25-27(21(5)26(34-35-33)30(40-25)42-43(10,11)32(8,9)19(2)3)41-31-29(39-23(7)36)28(20(4)22(6)38-31)37-18-24-16-14-13-15-17-24;2-1-3/h13-17,19-22,25-31H,12,18H2,1-11H3;/t20-,21-,22?,25?,26?,27+,28?,29+,30+,31+;/m1./s1. The van der Waals surface area contributed by atoms with Crippen molar-refractivity contribution >= 4 is 20.4 Å². The summed E-state index contributed by atoms with van der Waals surface area (Å²) in [6, 6.07) is 9.25. The van der Waals surface area contributed by atoms with Crippen LogP contribution in [0.5, 0.6) is 0 Å². The van der Waals surface area contributed by atoms with Crippen LogP contribution >= 0.6 is 0 Å². The largest absolute Gasteiger partial charge is 0.454 e. The van der Waals surface area contributed by atoms with Gasteiger partial charge in [-0.15, -0.1) is 0 Å². The fourth-order valence-electron chi connectivity index (χ4n) is 5.83. The Morgan fingerprint density at radius 3 is 2.17 bits per heavy atom. The summed E-state index contributed by atoms with van der Waals surface area (Å²) in [6.45, 7) is 23.0. The van der Waals surface area contributed by atoms with Crippen molar-refractivity contribution in [2.24, 2.45) is 22.9 Å². The highest BCUT2D eigenvalue weighted by molar-refractivity contribution is 6.74. The minimum atomic E-state index is -2.33. The fraction of sp³-hybridized carbons (Fsp3) is 0.758.